The Balaban J connectivity index is 2.02. The van der Waals surface area contributed by atoms with Crippen molar-refractivity contribution in [1.29, 1.82) is 0 Å². The lowest BCUT2D eigenvalue weighted by Crippen LogP contribution is -2.31. The van der Waals surface area contributed by atoms with Crippen molar-refractivity contribution in [2.24, 2.45) is 0 Å². The lowest BCUT2D eigenvalue weighted by atomic mass is 10.1. The smallest absolute Gasteiger partial charge is 0.333 e. The lowest BCUT2D eigenvalue weighted by molar-refractivity contribution is -0.197. The molecule has 0 spiro atoms. The number of amides is 2. The van der Waals surface area contributed by atoms with Crippen LogP contribution in [0.5, 0.6) is 0 Å². The Kier molecular flexibility index (Phi) is 8.13. The van der Waals surface area contributed by atoms with Crippen LogP contribution in [0.2, 0.25) is 0 Å². The van der Waals surface area contributed by atoms with Crippen LogP contribution < -0.4 is 0 Å². The fourth-order valence-corrected chi connectivity index (χ4v) is 1.93. The Hall–Kier alpha value is -1.96. The predicted octanol–water partition coefficient (Wildman–Crippen LogP) is 0.470. The van der Waals surface area contributed by atoms with Crippen molar-refractivity contribution in [3.63, 3.8) is 0 Å². The van der Waals surface area contributed by atoms with E-state index in [1.165, 1.54) is 0 Å². The predicted molar refractivity (Wildman–Crippen MR) is 72.9 cm³/mol. The standard InChI is InChI=1S/C14H21NO7/c16-9-10-21-13(19)5-3-1-2-4-6-14(20)22-15-11(17)7-8-12(15)18/h16H,1-10H2. The molecule has 1 rings (SSSR count). The van der Waals surface area contributed by atoms with Crippen LogP contribution in [0.3, 0.4) is 0 Å². The molecular formula is C14H21NO7. The summed E-state index contributed by atoms with van der Waals surface area (Å²) in [4.78, 5) is 49.8. The number of nitrogens with zero attached hydrogens (tertiary/aromatic N) is 1. The Morgan fingerprint density at radius 2 is 1.50 bits per heavy atom. The van der Waals surface area contributed by atoms with Crippen LogP contribution in [0, 0.1) is 0 Å². The summed E-state index contributed by atoms with van der Waals surface area (Å²) >= 11 is 0. The molecule has 0 aromatic rings. The molecule has 124 valence electrons. The Morgan fingerprint density at radius 3 is 2.05 bits per heavy atom. The molecule has 0 atom stereocenters. The first-order valence-electron chi connectivity index (χ1n) is 7.37. The van der Waals surface area contributed by atoms with Gasteiger partial charge in [-0.15, -0.1) is 5.06 Å². The summed E-state index contributed by atoms with van der Waals surface area (Å²) in [6.07, 6.45) is 3.24. The molecule has 1 aliphatic heterocycles. The number of carbonyl (C=O) groups is 4. The molecule has 0 aromatic carbocycles. The molecule has 1 N–H and O–H groups in total. The first-order chi connectivity index (χ1) is 10.5. The second-order valence-corrected chi connectivity index (χ2v) is 4.90. The SMILES string of the molecule is O=C(CCCCCCC(=O)ON1C(=O)CCC1=O)OCCO. The average Bonchev–Trinajstić information content (AvgIpc) is 2.80. The Labute approximate surface area is 128 Å². The van der Waals surface area contributed by atoms with Crippen LogP contribution >= 0.6 is 0 Å². The Bertz CT molecular complexity index is 405. The van der Waals surface area contributed by atoms with Gasteiger partial charge in [-0.3, -0.25) is 14.4 Å². The van der Waals surface area contributed by atoms with Crippen molar-refractivity contribution < 1.29 is 33.9 Å². The summed E-state index contributed by atoms with van der Waals surface area (Å²) < 4.78 is 4.70. The molecule has 8 nitrogen and oxygen atoms in total. The third-order valence-electron chi connectivity index (χ3n) is 3.07. The summed E-state index contributed by atoms with van der Waals surface area (Å²) in [6.45, 7) is -0.172. The molecule has 22 heavy (non-hydrogen) atoms. The maximum atomic E-state index is 11.5. The van der Waals surface area contributed by atoms with Crippen LogP contribution in [0.15, 0.2) is 0 Å². The molecule has 1 fully saturated rings. The second kappa shape index (κ2) is 9.88. The van der Waals surface area contributed by atoms with E-state index in [2.05, 4.69) is 0 Å². The first-order valence-corrected chi connectivity index (χ1v) is 7.37. The van der Waals surface area contributed by atoms with E-state index in [0.717, 1.165) is 12.8 Å². The largest absolute Gasteiger partial charge is 0.463 e. The third-order valence-corrected chi connectivity index (χ3v) is 3.07. The number of aliphatic hydroxyl groups excluding tert-OH is 1. The van der Waals surface area contributed by atoms with Crippen molar-refractivity contribution in [1.82, 2.24) is 5.06 Å². The van der Waals surface area contributed by atoms with Gasteiger partial charge in [-0.05, 0) is 12.8 Å². The summed E-state index contributed by atoms with van der Waals surface area (Å²) in [5, 5.41) is 9.02. The average molecular weight is 315 g/mol. The van der Waals surface area contributed by atoms with Crippen LogP contribution in [0.25, 0.3) is 0 Å². The molecule has 0 aliphatic carbocycles. The lowest BCUT2D eigenvalue weighted by Gasteiger charge is -2.12. The number of rotatable bonds is 10. The molecule has 2 amide bonds. The van der Waals surface area contributed by atoms with E-state index >= 15 is 0 Å². The highest BCUT2D eigenvalue weighted by atomic mass is 16.7. The molecule has 8 heteroatoms. The minimum absolute atomic E-state index is 0.0125. The summed E-state index contributed by atoms with van der Waals surface area (Å²) in [6, 6.07) is 0. The van der Waals surface area contributed by atoms with Gasteiger partial charge in [-0.2, -0.15) is 0 Å². The zero-order chi connectivity index (χ0) is 16.4. The first kappa shape index (κ1) is 18.1. The minimum atomic E-state index is -0.606. The molecule has 1 saturated heterocycles. The van der Waals surface area contributed by atoms with Crippen molar-refractivity contribution in [2.75, 3.05) is 13.2 Å². The summed E-state index contributed by atoms with van der Waals surface area (Å²) in [7, 11) is 0. The number of unbranched alkanes of at least 4 members (excludes halogenated alkanes) is 3. The van der Waals surface area contributed by atoms with Crippen LogP contribution in [-0.2, 0) is 28.8 Å². The second-order valence-electron chi connectivity index (χ2n) is 4.90. The van der Waals surface area contributed by atoms with Gasteiger partial charge in [0, 0.05) is 25.7 Å². The molecule has 0 unspecified atom stereocenters. The number of hydrogen-bond donors (Lipinski definition) is 1. The fourth-order valence-electron chi connectivity index (χ4n) is 1.93. The van der Waals surface area contributed by atoms with Crippen LogP contribution in [-0.4, -0.2) is 47.1 Å². The quantitative estimate of drug-likeness (QED) is 0.354. The number of hydrogen-bond acceptors (Lipinski definition) is 7. The van der Waals surface area contributed by atoms with Gasteiger partial charge < -0.3 is 14.7 Å². The van der Waals surface area contributed by atoms with Gasteiger partial charge in [0.15, 0.2) is 0 Å². The van der Waals surface area contributed by atoms with Gasteiger partial charge in [0.1, 0.15) is 6.61 Å². The molecule has 0 saturated carbocycles. The van der Waals surface area contributed by atoms with Crippen molar-refractivity contribution in [3.05, 3.63) is 0 Å². The molecule has 0 bridgehead atoms. The zero-order valence-electron chi connectivity index (χ0n) is 12.4. The molecule has 0 aromatic heterocycles. The van der Waals surface area contributed by atoms with Gasteiger partial charge in [0.05, 0.1) is 6.61 Å². The normalized spacial score (nSPS) is 14.3. The van der Waals surface area contributed by atoms with E-state index in [1.807, 2.05) is 0 Å². The molecular weight excluding hydrogens is 294 g/mol. The summed E-state index contributed by atoms with van der Waals surface area (Å²) in [5.41, 5.74) is 0. The van der Waals surface area contributed by atoms with E-state index in [0.29, 0.717) is 17.9 Å². The van der Waals surface area contributed by atoms with Gasteiger partial charge >= 0.3 is 11.9 Å². The maximum absolute atomic E-state index is 11.5. The van der Waals surface area contributed by atoms with Crippen molar-refractivity contribution >= 4 is 23.8 Å². The minimum Gasteiger partial charge on any atom is -0.463 e. The van der Waals surface area contributed by atoms with E-state index in [-0.39, 0.29) is 44.9 Å². The van der Waals surface area contributed by atoms with E-state index in [1.54, 1.807) is 0 Å². The number of imide groups is 1. The highest BCUT2D eigenvalue weighted by Crippen LogP contribution is 2.14. The van der Waals surface area contributed by atoms with Crippen molar-refractivity contribution in [2.45, 2.75) is 51.4 Å². The monoisotopic (exact) mass is 315 g/mol. The van der Waals surface area contributed by atoms with Gasteiger partial charge in [0.25, 0.3) is 11.8 Å². The van der Waals surface area contributed by atoms with E-state index in [4.69, 9.17) is 14.7 Å². The number of ether oxygens (including phenoxy) is 1. The number of carbonyl (C=O) groups excluding carboxylic acids is 4. The Morgan fingerprint density at radius 1 is 0.955 bits per heavy atom. The summed E-state index contributed by atoms with van der Waals surface area (Å²) in [5.74, 6) is -1.93. The topological polar surface area (TPSA) is 110 Å². The number of esters is 1. The van der Waals surface area contributed by atoms with E-state index in [9.17, 15) is 19.2 Å². The molecule has 0 radical (unpaired) electrons. The van der Waals surface area contributed by atoms with E-state index < -0.39 is 17.8 Å². The van der Waals surface area contributed by atoms with Crippen LogP contribution in [0.1, 0.15) is 51.4 Å². The van der Waals surface area contributed by atoms with Gasteiger partial charge in [-0.1, -0.05) is 12.8 Å². The fraction of sp³-hybridized carbons (Fsp3) is 0.714. The highest BCUT2D eigenvalue weighted by Gasteiger charge is 2.32. The maximum Gasteiger partial charge on any atom is 0.333 e. The van der Waals surface area contributed by atoms with Crippen LogP contribution in [0.4, 0.5) is 0 Å². The highest BCUT2D eigenvalue weighted by molar-refractivity contribution is 6.01. The molecule has 1 aliphatic rings. The number of hydroxylamine groups is 2. The van der Waals surface area contributed by atoms with Gasteiger partial charge in [-0.25, -0.2) is 4.79 Å². The zero-order valence-corrected chi connectivity index (χ0v) is 12.4. The van der Waals surface area contributed by atoms with Gasteiger partial charge in [0.2, 0.25) is 0 Å². The molecule has 1 heterocycles. The third kappa shape index (κ3) is 6.66. The number of aliphatic hydroxyl groups is 1. The van der Waals surface area contributed by atoms with Crippen molar-refractivity contribution in [3.8, 4) is 0 Å².